The minimum atomic E-state index is -0.876. The van der Waals surface area contributed by atoms with E-state index in [2.05, 4.69) is 11.9 Å². The second-order valence-corrected chi connectivity index (χ2v) is 6.66. The Morgan fingerprint density at radius 1 is 1.17 bits per heavy atom. The van der Waals surface area contributed by atoms with E-state index in [1.807, 2.05) is 43.3 Å². The molecule has 4 atom stereocenters. The van der Waals surface area contributed by atoms with E-state index in [-0.39, 0.29) is 17.7 Å². The molecule has 1 aromatic carbocycles. The molecule has 2 aliphatic carbocycles. The molecule has 1 fully saturated rings. The number of carboxylic acid groups (broad SMARTS) is 1. The summed E-state index contributed by atoms with van der Waals surface area (Å²) < 4.78 is 0. The summed E-state index contributed by atoms with van der Waals surface area (Å²) in [5.74, 6) is -2.11. The van der Waals surface area contributed by atoms with Gasteiger partial charge in [-0.3, -0.25) is 9.59 Å². The molecule has 0 spiro atoms. The van der Waals surface area contributed by atoms with E-state index < -0.39 is 17.8 Å². The largest absolute Gasteiger partial charge is 0.481 e. The second-order valence-electron chi connectivity index (χ2n) is 6.66. The Bertz CT molecular complexity index is 674. The number of nitrogens with one attached hydrogen (secondary N) is 1. The van der Waals surface area contributed by atoms with Gasteiger partial charge in [0.2, 0.25) is 5.91 Å². The van der Waals surface area contributed by atoms with Crippen molar-refractivity contribution in [2.75, 3.05) is 5.32 Å². The molecule has 4 unspecified atom stereocenters. The van der Waals surface area contributed by atoms with Gasteiger partial charge < -0.3 is 10.4 Å². The summed E-state index contributed by atoms with van der Waals surface area (Å²) in [6.07, 6.45) is 5.52. The predicted octanol–water partition coefficient (Wildman–Crippen LogP) is 3.27. The smallest absolute Gasteiger partial charge is 0.307 e. The molecule has 2 bridgehead atoms. The number of hydrogen-bond donors (Lipinski definition) is 2. The highest BCUT2D eigenvalue weighted by molar-refractivity contribution is 5.96. The summed E-state index contributed by atoms with van der Waals surface area (Å²) >= 11 is 0. The van der Waals surface area contributed by atoms with Crippen molar-refractivity contribution in [2.24, 2.45) is 23.7 Å². The second kappa shape index (κ2) is 6.03. The van der Waals surface area contributed by atoms with E-state index in [0.29, 0.717) is 5.69 Å². The van der Waals surface area contributed by atoms with Gasteiger partial charge in [-0.2, -0.15) is 0 Å². The lowest BCUT2D eigenvalue weighted by molar-refractivity contribution is -0.146. The van der Waals surface area contributed by atoms with Crippen LogP contribution >= 0.6 is 0 Å². The Kier molecular flexibility index (Phi) is 4.07. The number of allylic oxidation sites excluding steroid dienone is 3. The zero-order valence-corrected chi connectivity index (χ0v) is 13.2. The van der Waals surface area contributed by atoms with Crippen molar-refractivity contribution in [2.45, 2.75) is 19.8 Å². The molecule has 4 nitrogen and oxygen atoms in total. The number of anilines is 1. The first-order valence-corrected chi connectivity index (χ1v) is 7.91. The third-order valence-electron chi connectivity index (χ3n) is 4.77. The molecule has 1 amide bonds. The fourth-order valence-electron chi connectivity index (χ4n) is 3.80. The number of benzene rings is 1. The molecule has 2 N–H and O–H groups in total. The molecule has 0 aromatic heterocycles. The summed E-state index contributed by atoms with van der Waals surface area (Å²) in [7, 11) is 0. The first kappa shape index (κ1) is 15.5. The lowest BCUT2D eigenvalue weighted by atomic mass is 9.82. The Morgan fingerprint density at radius 3 is 2.35 bits per heavy atom. The molecule has 2 aliphatic rings. The van der Waals surface area contributed by atoms with Crippen molar-refractivity contribution in [3.63, 3.8) is 0 Å². The quantitative estimate of drug-likeness (QED) is 0.820. The maximum Gasteiger partial charge on any atom is 0.307 e. The lowest BCUT2D eigenvalue weighted by Gasteiger charge is -2.23. The van der Waals surface area contributed by atoms with Crippen LogP contribution in [0.3, 0.4) is 0 Å². The number of rotatable bonds is 5. The van der Waals surface area contributed by atoms with Crippen molar-refractivity contribution < 1.29 is 14.7 Å². The number of fused-ring (bicyclic) bond motifs is 2. The number of carbonyl (C=O) groups excluding carboxylic acids is 1. The minimum absolute atomic E-state index is 0.00816. The number of carbonyl (C=O) groups is 2. The van der Waals surface area contributed by atoms with Crippen LogP contribution in [0.5, 0.6) is 0 Å². The zero-order valence-electron chi connectivity index (χ0n) is 13.2. The van der Waals surface area contributed by atoms with Crippen LogP contribution in [-0.2, 0) is 16.0 Å². The maximum atomic E-state index is 12.6. The monoisotopic (exact) mass is 311 g/mol. The lowest BCUT2D eigenvalue weighted by Crippen LogP contribution is -2.36. The topological polar surface area (TPSA) is 66.4 Å². The minimum Gasteiger partial charge on any atom is -0.481 e. The predicted molar refractivity (Wildman–Crippen MR) is 88.9 cm³/mol. The molecule has 1 saturated carbocycles. The van der Waals surface area contributed by atoms with Crippen LogP contribution in [0.4, 0.5) is 5.69 Å². The highest BCUT2D eigenvalue weighted by Crippen LogP contribution is 2.48. The summed E-state index contributed by atoms with van der Waals surface area (Å²) in [4.78, 5) is 24.0. The molecule has 1 aromatic rings. The van der Waals surface area contributed by atoms with Gasteiger partial charge in [-0.25, -0.2) is 0 Å². The van der Waals surface area contributed by atoms with Crippen molar-refractivity contribution in [1.29, 1.82) is 0 Å². The molecule has 120 valence electrons. The van der Waals surface area contributed by atoms with Crippen LogP contribution in [0.1, 0.15) is 18.9 Å². The zero-order chi connectivity index (χ0) is 16.6. The molecular formula is C19H21NO3. The molecule has 0 radical (unpaired) electrons. The summed E-state index contributed by atoms with van der Waals surface area (Å²) in [5.41, 5.74) is 2.93. The van der Waals surface area contributed by atoms with Gasteiger partial charge in [0.05, 0.1) is 11.8 Å². The van der Waals surface area contributed by atoms with Crippen LogP contribution in [0.2, 0.25) is 0 Å². The number of carboxylic acids is 1. The van der Waals surface area contributed by atoms with Crippen LogP contribution in [-0.4, -0.2) is 17.0 Å². The Balaban J connectivity index is 1.70. The van der Waals surface area contributed by atoms with Crippen molar-refractivity contribution in [3.05, 3.63) is 54.1 Å². The SMILES string of the molecule is C=C(C)Cc1ccc(NC(=O)C2C3C=CC(C3)C2C(=O)O)cc1. The van der Waals surface area contributed by atoms with Crippen molar-refractivity contribution >= 4 is 17.6 Å². The van der Waals surface area contributed by atoms with Crippen molar-refractivity contribution in [1.82, 2.24) is 0 Å². The van der Waals surface area contributed by atoms with Gasteiger partial charge in [-0.05, 0) is 49.3 Å². The summed E-state index contributed by atoms with van der Waals surface area (Å²) in [6, 6.07) is 7.63. The number of aliphatic carboxylic acids is 1. The van der Waals surface area contributed by atoms with Gasteiger partial charge in [-0.1, -0.05) is 36.4 Å². The summed E-state index contributed by atoms with van der Waals surface area (Å²) in [6.45, 7) is 5.86. The Labute approximate surface area is 135 Å². The van der Waals surface area contributed by atoms with E-state index in [1.54, 1.807) is 0 Å². The first-order chi connectivity index (χ1) is 11.0. The number of hydrogen-bond acceptors (Lipinski definition) is 2. The fraction of sp³-hybridized carbons (Fsp3) is 0.368. The van der Waals surface area contributed by atoms with Gasteiger partial charge >= 0.3 is 5.97 Å². The molecule has 3 rings (SSSR count). The maximum absolute atomic E-state index is 12.6. The highest BCUT2D eigenvalue weighted by Gasteiger charge is 2.51. The van der Waals surface area contributed by atoms with Gasteiger partial charge in [0.15, 0.2) is 0 Å². The van der Waals surface area contributed by atoms with Crippen molar-refractivity contribution in [3.8, 4) is 0 Å². The third kappa shape index (κ3) is 3.07. The van der Waals surface area contributed by atoms with E-state index in [4.69, 9.17) is 0 Å². The van der Waals surface area contributed by atoms with E-state index in [0.717, 1.165) is 24.0 Å². The molecular weight excluding hydrogens is 290 g/mol. The fourth-order valence-corrected chi connectivity index (χ4v) is 3.80. The molecule has 4 heteroatoms. The highest BCUT2D eigenvalue weighted by atomic mass is 16.4. The van der Waals surface area contributed by atoms with Crippen LogP contribution < -0.4 is 5.32 Å². The Hall–Kier alpha value is -2.36. The van der Waals surface area contributed by atoms with Gasteiger partial charge in [-0.15, -0.1) is 0 Å². The molecule has 23 heavy (non-hydrogen) atoms. The van der Waals surface area contributed by atoms with E-state index >= 15 is 0 Å². The van der Waals surface area contributed by atoms with Gasteiger partial charge in [0.1, 0.15) is 0 Å². The third-order valence-corrected chi connectivity index (χ3v) is 4.77. The van der Waals surface area contributed by atoms with Gasteiger partial charge in [0, 0.05) is 5.69 Å². The van der Waals surface area contributed by atoms with E-state index in [1.165, 1.54) is 0 Å². The van der Waals surface area contributed by atoms with Crippen LogP contribution in [0, 0.1) is 23.7 Å². The standard InChI is InChI=1S/C19H21NO3/c1-11(2)9-12-3-7-15(8-4-12)20-18(21)16-13-5-6-14(10-13)17(16)19(22)23/h3-8,13-14,16-17H,1,9-10H2,2H3,(H,20,21)(H,22,23). The average Bonchev–Trinajstić information content (AvgIpc) is 3.09. The molecule has 0 saturated heterocycles. The number of amides is 1. The first-order valence-electron chi connectivity index (χ1n) is 7.91. The Morgan fingerprint density at radius 2 is 1.78 bits per heavy atom. The molecule has 0 heterocycles. The van der Waals surface area contributed by atoms with Gasteiger partial charge in [0.25, 0.3) is 0 Å². The van der Waals surface area contributed by atoms with E-state index in [9.17, 15) is 14.7 Å². The summed E-state index contributed by atoms with van der Waals surface area (Å²) in [5, 5.41) is 12.3. The van der Waals surface area contributed by atoms with Crippen LogP contribution in [0.25, 0.3) is 0 Å². The molecule has 0 aliphatic heterocycles. The average molecular weight is 311 g/mol. The normalized spacial score (nSPS) is 27.9. The van der Waals surface area contributed by atoms with Crippen LogP contribution in [0.15, 0.2) is 48.6 Å².